The zero-order valence-corrected chi connectivity index (χ0v) is 15.4. The van der Waals surface area contributed by atoms with Gasteiger partial charge in [0.05, 0.1) is 0 Å². The van der Waals surface area contributed by atoms with Crippen molar-refractivity contribution < 1.29 is 19.4 Å². The second-order valence-electron chi connectivity index (χ2n) is 6.22. The van der Waals surface area contributed by atoms with Crippen LogP contribution in [0, 0.1) is 6.92 Å². The van der Waals surface area contributed by atoms with Crippen molar-refractivity contribution in [2.24, 2.45) is 0 Å². The molecule has 1 amide bonds. The number of hydrogen-bond acceptors (Lipinski definition) is 3. The average molecular weight is 387 g/mol. The lowest BCUT2D eigenvalue weighted by Crippen LogP contribution is -2.44. The van der Waals surface area contributed by atoms with Crippen LogP contribution in [0.3, 0.4) is 0 Å². The monoisotopic (exact) mass is 386 g/mol. The molecule has 0 spiro atoms. The van der Waals surface area contributed by atoms with Gasteiger partial charge >= 0.3 is 5.97 Å². The Bertz CT molecular complexity index is 983. The van der Waals surface area contributed by atoms with Crippen LogP contribution in [0.15, 0.2) is 48.7 Å². The lowest BCUT2D eigenvalue weighted by atomic mass is 10.1. The van der Waals surface area contributed by atoms with Crippen molar-refractivity contribution in [2.45, 2.75) is 19.4 Å². The van der Waals surface area contributed by atoms with Gasteiger partial charge in [0.1, 0.15) is 11.8 Å². The van der Waals surface area contributed by atoms with Gasteiger partial charge < -0.3 is 20.1 Å². The van der Waals surface area contributed by atoms with Crippen LogP contribution < -0.4 is 10.1 Å². The van der Waals surface area contributed by atoms with Gasteiger partial charge in [-0.3, -0.25) is 4.79 Å². The molecule has 0 aliphatic rings. The molecule has 0 radical (unpaired) electrons. The molecule has 3 N–H and O–H groups in total. The molecular formula is C20H19ClN2O4. The molecule has 0 aliphatic heterocycles. The highest BCUT2D eigenvalue weighted by Gasteiger charge is 2.22. The van der Waals surface area contributed by atoms with Gasteiger partial charge in [-0.2, -0.15) is 0 Å². The molecular weight excluding hydrogens is 368 g/mol. The molecule has 1 heterocycles. The fourth-order valence-corrected chi connectivity index (χ4v) is 2.93. The molecule has 3 rings (SSSR count). The van der Waals surface area contributed by atoms with Crippen molar-refractivity contribution >= 4 is 34.4 Å². The van der Waals surface area contributed by atoms with Crippen LogP contribution in [0.5, 0.6) is 5.75 Å². The summed E-state index contributed by atoms with van der Waals surface area (Å²) in [6.07, 6.45) is 1.94. The number of aliphatic carboxylic acids is 1. The number of aromatic amines is 1. The summed E-state index contributed by atoms with van der Waals surface area (Å²) in [4.78, 5) is 26.8. The number of amides is 1. The Kier molecular flexibility index (Phi) is 5.66. The van der Waals surface area contributed by atoms with Crippen LogP contribution in [0.1, 0.15) is 11.1 Å². The molecule has 6 nitrogen and oxygen atoms in total. The summed E-state index contributed by atoms with van der Waals surface area (Å²) in [5.41, 5.74) is 2.58. The third kappa shape index (κ3) is 4.60. The number of aryl methyl sites for hydroxylation is 1. The van der Waals surface area contributed by atoms with Gasteiger partial charge in [0.25, 0.3) is 5.91 Å². The van der Waals surface area contributed by atoms with Crippen LogP contribution in [0.4, 0.5) is 0 Å². The van der Waals surface area contributed by atoms with Crippen LogP contribution in [-0.2, 0) is 16.0 Å². The average Bonchev–Trinajstić information content (AvgIpc) is 3.05. The molecule has 0 bridgehead atoms. The Balaban J connectivity index is 1.62. The van der Waals surface area contributed by atoms with Crippen molar-refractivity contribution in [3.05, 3.63) is 64.8 Å². The van der Waals surface area contributed by atoms with E-state index in [0.29, 0.717) is 10.8 Å². The predicted octanol–water partition coefficient (Wildman–Crippen LogP) is 3.32. The molecule has 0 fully saturated rings. The third-order valence-electron chi connectivity index (χ3n) is 4.23. The number of hydrogen-bond donors (Lipinski definition) is 3. The number of carbonyl (C=O) groups excluding carboxylic acids is 1. The van der Waals surface area contributed by atoms with Gasteiger partial charge in [0.15, 0.2) is 6.61 Å². The number of carboxylic acids is 1. The highest BCUT2D eigenvalue weighted by molar-refractivity contribution is 6.31. The van der Waals surface area contributed by atoms with Crippen molar-refractivity contribution in [1.29, 1.82) is 0 Å². The molecule has 0 unspecified atom stereocenters. The Morgan fingerprint density at radius 1 is 1.26 bits per heavy atom. The van der Waals surface area contributed by atoms with Crippen molar-refractivity contribution in [3.63, 3.8) is 0 Å². The number of para-hydroxylation sites is 1. The van der Waals surface area contributed by atoms with Crippen LogP contribution >= 0.6 is 11.6 Å². The van der Waals surface area contributed by atoms with Gasteiger partial charge in [-0.25, -0.2) is 4.79 Å². The number of carbonyl (C=O) groups is 2. The molecule has 27 heavy (non-hydrogen) atoms. The highest BCUT2D eigenvalue weighted by atomic mass is 35.5. The molecule has 1 atom stereocenters. The van der Waals surface area contributed by atoms with Gasteiger partial charge in [-0.1, -0.05) is 29.8 Å². The maximum absolute atomic E-state index is 12.1. The minimum absolute atomic E-state index is 0.172. The van der Waals surface area contributed by atoms with Crippen LogP contribution in [0.25, 0.3) is 10.9 Å². The number of aromatic nitrogens is 1. The zero-order chi connectivity index (χ0) is 19.4. The summed E-state index contributed by atoms with van der Waals surface area (Å²) in [7, 11) is 0. The molecule has 1 aromatic heterocycles. The first-order valence-corrected chi connectivity index (χ1v) is 8.78. The number of rotatable bonds is 7. The number of nitrogens with one attached hydrogen (secondary N) is 2. The maximum Gasteiger partial charge on any atom is 0.326 e. The lowest BCUT2D eigenvalue weighted by Gasteiger charge is -2.15. The Morgan fingerprint density at radius 3 is 2.78 bits per heavy atom. The molecule has 0 saturated carbocycles. The first-order chi connectivity index (χ1) is 12.9. The predicted molar refractivity (Wildman–Crippen MR) is 103 cm³/mol. The molecule has 7 heteroatoms. The summed E-state index contributed by atoms with van der Waals surface area (Å²) < 4.78 is 5.42. The van der Waals surface area contributed by atoms with E-state index in [9.17, 15) is 14.7 Å². The van der Waals surface area contributed by atoms with E-state index < -0.39 is 17.9 Å². The fourth-order valence-electron chi connectivity index (χ4n) is 2.81. The van der Waals surface area contributed by atoms with Gasteiger partial charge in [0.2, 0.25) is 0 Å². The topological polar surface area (TPSA) is 91.4 Å². The summed E-state index contributed by atoms with van der Waals surface area (Å²) in [6, 6.07) is 11.6. The van der Waals surface area contributed by atoms with Crippen LogP contribution in [-0.4, -0.2) is 34.6 Å². The van der Waals surface area contributed by atoms with Crippen LogP contribution in [0.2, 0.25) is 5.02 Å². The first kappa shape index (κ1) is 18.8. The summed E-state index contributed by atoms with van der Waals surface area (Å²) >= 11 is 5.95. The molecule has 0 saturated heterocycles. The number of ether oxygens (including phenoxy) is 1. The second-order valence-corrected chi connectivity index (χ2v) is 6.63. The highest BCUT2D eigenvalue weighted by Crippen LogP contribution is 2.21. The molecule has 0 aliphatic carbocycles. The number of H-pyrrole nitrogens is 1. The minimum atomic E-state index is -1.10. The van der Waals surface area contributed by atoms with E-state index in [1.54, 1.807) is 24.4 Å². The van der Waals surface area contributed by atoms with Gasteiger partial charge in [-0.05, 0) is 42.3 Å². The van der Waals surface area contributed by atoms with E-state index in [-0.39, 0.29) is 13.0 Å². The molecule has 2 aromatic carbocycles. The first-order valence-electron chi connectivity index (χ1n) is 8.40. The Labute approximate surface area is 161 Å². The summed E-state index contributed by atoms with van der Waals surface area (Å²) in [6.45, 7) is 1.55. The lowest BCUT2D eigenvalue weighted by molar-refractivity contribution is -0.142. The third-order valence-corrected chi connectivity index (χ3v) is 4.66. The maximum atomic E-state index is 12.1. The van der Waals surface area contributed by atoms with Crippen molar-refractivity contribution in [3.8, 4) is 5.75 Å². The SMILES string of the molecule is Cc1cc(OCC(=O)N[C@H](Cc2c[nH]c3ccccc23)C(=O)O)ccc1Cl. The Hall–Kier alpha value is -2.99. The normalized spacial score (nSPS) is 11.9. The van der Waals surface area contributed by atoms with E-state index in [0.717, 1.165) is 22.0 Å². The zero-order valence-electron chi connectivity index (χ0n) is 14.7. The number of fused-ring (bicyclic) bond motifs is 1. The minimum Gasteiger partial charge on any atom is -0.484 e. The van der Waals surface area contributed by atoms with E-state index in [1.807, 2.05) is 31.2 Å². The van der Waals surface area contributed by atoms with E-state index in [2.05, 4.69) is 10.3 Å². The Morgan fingerprint density at radius 2 is 2.04 bits per heavy atom. The smallest absolute Gasteiger partial charge is 0.326 e. The second kappa shape index (κ2) is 8.14. The van der Waals surface area contributed by atoms with E-state index in [1.165, 1.54) is 0 Å². The summed E-state index contributed by atoms with van der Waals surface area (Å²) in [5, 5.41) is 13.5. The standard InChI is InChI=1S/C20H19ClN2O4/c1-12-8-14(6-7-16(12)21)27-11-19(24)23-18(20(25)26)9-13-10-22-17-5-3-2-4-15(13)17/h2-8,10,18,22H,9,11H2,1H3,(H,23,24)(H,25,26)/t18-/m1/s1. The number of benzene rings is 2. The fraction of sp³-hybridized carbons (Fsp3) is 0.200. The molecule has 3 aromatic rings. The van der Waals surface area contributed by atoms with Crippen molar-refractivity contribution in [1.82, 2.24) is 10.3 Å². The largest absolute Gasteiger partial charge is 0.484 e. The number of carboxylic acid groups (broad SMARTS) is 1. The van der Waals surface area contributed by atoms with E-state index >= 15 is 0 Å². The van der Waals surface area contributed by atoms with Gasteiger partial charge in [-0.15, -0.1) is 0 Å². The van der Waals surface area contributed by atoms with Crippen molar-refractivity contribution in [2.75, 3.05) is 6.61 Å². The van der Waals surface area contributed by atoms with E-state index in [4.69, 9.17) is 16.3 Å². The summed E-state index contributed by atoms with van der Waals surface area (Å²) in [5.74, 6) is -1.11. The quantitative estimate of drug-likeness (QED) is 0.581. The number of halogens is 1. The molecule has 140 valence electrons. The van der Waals surface area contributed by atoms with Gasteiger partial charge in [0, 0.05) is 28.5 Å².